The summed E-state index contributed by atoms with van der Waals surface area (Å²) in [5.74, 6) is -1.43. The second-order valence-corrected chi connectivity index (χ2v) is 5.63. The van der Waals surface area contributed by atoms with Gasteiger partial charge in [0.15, 0.2) is 0 Å². The molecule has 1 aliphatic heterocycles. The van der Waals surface area contributed by atoms with E-state index in [1.807, 2.05) is 0 Å². The van der Waals surface area contributed by atoms with E-state index >= 15 is 0 Å². The number of benzene rings is 2. The van der Waals surface area contributed by atoms with Crippen LogP contribution in [0, 0.1) is 11.6 Å². The van der Waals surface area contributed by atoms with Crippen LogP contribution in [-0.2, 0) is 0 Å². The van der Waals surface area contributed by atoms with Gasteiger partial charge in [0.2, 0.25) is 0 Å². The molecule has 6 heteroatoms. The van der Waals surface area contributed by atoms with Crippen LogP contribution in [0.5, 0.6) is 0 Å². The minimum Gasteiger partial charge on any atom is -0.275 e. The van der Waals surface area contributed by atoms with Crippen molar-refractivity contribution in [2.45, 2.75) is 13.0 Å². The zero-order valence-electron chi connectivity index (χ0n) is 11.4. The van der Waals surface area contributed by atoms with Gasteiger partial charge in [0.25, 0.3) is 0 Å². The lowest BCUT2D eigenvalue weighted by Gasteiger charge is -2.13. The Labute approximate surface area is 136 Å². The molecule has 0 saturated carbocycles. The SMILES string of the molecule is C[C@H]1C=Nc2ccc(Cl)c(Cl)c2C(c2c(F)cccc2F)=N1. The van der Waals surface area contributed by atoms with Crippen molar-refractivity contribution in [1.82, 2.24) is 0 Å². The molecule has 3 rings (SSSR count). The molecule has 0 spiro atoms. The molecular weight excluding hydrogens is 329 g/mol. The number of rotatable bonds is 1. The van der Waals surface area contributed by atoms with E-state index in [1.54, 1.807) is 25.3 Å². The smallest absolute Gasteiger partial charge is 0.135 e. The Morgan fingerprint density at radius 3 is 2.36 bits per heavy atom. The monoisotopic (exact) mass is 338 g/mol. The van der Waals surface area contributed by atoms with Crippen LogP contribution >= 0.6 is 23.2 Å². The molecule has 0 aromatic heterocycles. The van der Waals surface area contributed by atoms with Gasteiger partial charge in [-0.2, -0.15) is 0 Å². The van der Waals surface area contributed by atoms with E-state index in [0.717, 1.165) is 0 Å². The Morgan fingerprint density at radius 1 is 1.00 bits per heavy atom. The third kappa shape index (κ3) is 2.53. The van der Waals surface area contributed by atoms with Gasteiger partial charge < -0.3 is 0 Å². The van der Waals surface area contributed by atoms with Gasteiger partial charge in [0.1, 0.15) is 11.6 Å². The lowest BCUT2D eigenvalue weighted by atomic mass is 9.99. The van der Waals surface area contributed by atoms with Crippen LogP contribution < -0.4 is 0 Å². The third-order valence-corrected chi connectivity index (χ3v) is 4.08. The molecule has 0 bridgehead atoms. The number of aliphatic imine (C=N–C) groups is 2. The lowest BCUT2D eigenvalue weighted by molar-refractivity contribution is 0.579. The number of nitrogens with zero attached hydrogens (tertiary/aromatic N) is 2. The van der Waals surface area contributed by atoms with Crippen molar-refractivity contribution in [1.29, 1.82) is 0 Å². The molecule has 112 valence electrons. The fourth-order valence-corrected chi connectivity index (χ4v) is 2.68. The average Bonchev–Trinajstić information content (AvgIpc) is 2.63. The Kier molecular flexibility index (Phi) is 3.98. The summed E-state index contributed by atoms with van der Waals surface area (Å²) in [6.07, 6.45) is 1.59. The van der Waals surface area contributed by atoms with E-state index < -0.39 is 11.6 Å². The molecular formula is C16H10Cl2F2N2. The van der Waals surface area contributed by atoms with E-state index in [9.17, 15) is 8.78 Å². The highest BCUT2D eigenvalue weighted by molar-refractivity contribution is 6.45. The largest absolute Gasteiger partial charge is 0.275 e. The predicted molar refractivity (Wildman–Crippen MR) is 86.1 cm³/mol. The standard InChI is InChI=1S/C16H10Cl2F2N2/c1-8-7-21-12-6-5-9(17)15(18)14(12)16(22-8)13-10(19)3-2-4-11(13)20/h2-8H,1H3/t8-/m0/s1. The van der Waals surface area contributed by atoms with Crippen LogP contribution in [0.25, 0.3) is 0 Å². The fraction of sp³-hybridized carbons (Fsp3) is 0.125. The van der Waals surface area contributed by atoms with E-state index in [2.05, 4.69) is 9.98 Å². The second kappa shape index (κ2) is 5.78. The molecule has 22 heavy (non-hydrogen) atoms. The van der Waals surface area contributed by atoms with Gasteiger partial charge in [0.05, 0.1) is 33.0 Å². The van der Waals surface area contributed by atoms with Crippen LogP contribution in [0.2, 0.25) is 10.0 Å². The summed E-state index contributed by atoms with van der Waals surface area (Å²) in [7, 11) is 0. The quantitative estimate of drug-likeness (QED) is 0.681. The summed E-state index contributed by atoms with van der Waals surface area (Å²) in [6, 6.07) is 6.53. The van der Waals surface area contributed by atoms with E-state index in [-0.39, 0.29) is 27.4 Å². The summed E-state index contributed by atoms with van der Waals surface area (Å²) >= 11 is 12.3. The van der Waals surface area contributed by atoms with Crippen molar-refractivity contribution in [2.24, 2.45) is 9.98 Å². The van der Waals surface area contributed by atoms with Gasteiger partial charge in [-0.15, -0.1) is 0 Å². The number of fused-ring (bicyclic) bond motifs is 1. The van der Waals surface area contributed by atoms with Crippen molar-refractivity contribution in [3.63, 3.8) is 0 Å². The van der Waals surface area contributed by atoms with Gasteiger partial charge in [0, 0.05) is 11.8 Å². The number of hydrogen-bond donors (Lipinski definition) is 0. The molecule has 0 aliphatic carbocycles. The maximum atomic E-state index is 14.2. The summed E-state index contributed by atoms with van der Waals surface area (Å²) in [5, 5.41) is 0.446. The van der Waals surface area contributed by atoms with Crippen molar-refractivity contribution in [2.75, 3.05) is 0 Å². The Bertz CT molecular complexity index is 796. The lowest BCUT2D eigenvalue weighted by Crippen LogP contribution is -2.12. The first kappa shape index (κ1) is 15.1. The van der Waals surface area contributed by atoms with Crippen molar-refractivity contribution < 1.29 is 8.78 Å². The van der Waals surface area contributed by atoms with Crippen LogP contribution in [0.4, 0.5) is 14.5 Å². The third-order valence-electron chi connectivity index (χ3n) is 3.27. The molecule has 0 radical (unpaired) electrons. The van der Waals surface area contributed by atoms with E-state index in [0.29, 0.717) is 11.3 Å². The number of halogens is 4. The molecule has 2 aromatic carbocycles. The molecule has 0 saturated heterocycles. The predicted octanol–water partition coefficient (Wildman–Crippen LogP) is 5.21. The summed E-state index contributed by atoms with van der Waals surface area (Å²) < 4.78 is 28.4. The van der Waals surface area contributed by atoms with Gasteiger partial charge in [-0.05, 0) is 31.2 Å². The highest BCUT2D eigenvalue weighted by Crippen LogP contribution is 2.37. The summed E-state index contributed by atoms with van der Waals surface area (Å²) in [6.45, 7) is 1.77. The maximum absolute atomic E-state index is 14.2. The minimum absolute atomic E-state index is 0.114. The molecule has 2 nitrogen and oxygen atoms in total. The van der Waals surface area contributed by atoms with Crippen molar-refractivity contribution in [3.05, 3.63) is 63.1 Å². The van der Waals surface area contributed by atoms with Crippen molar-refractivity contribution in [3.8, 4) is 0 Å². The average molecular weight is 339 g/mol. The number of hydrogen-bond acceptors (Lipinski definition) is 2. The van der Waals surface area contributed by atoms with Gasteiger partial charge in [-0.1, -0.05) is 29.3 Å². The summed E-state index contributed by atoms with van der Waals surface area (Å²) in [5.41, 5.74) is 0.687. The van der Waals surface area contributed by atoms with E-state index in [4.69, 9.17) is 23.2 Å². The van der Waals surface area contributed by atoms with Crippen LogP contribution in [0.15, 0.2) is 40.3 Å². The molecule has 0 amide bonds. The highest BCUT2D eigenvalue weighted by Gasteiger charge is 2.25. The molecule has 1 aliphatic rings. The molecule has 0 unspecified atom stereocenters. The van der Waals surface area contributed by atoms with Gasteiger partial charge in [-0.25, -0.2) is 8.78 Å². The zero-order chi connectivity index (χ0) is 15.9. The van der Waals surface area contributed by atoms with Crippen LogP contribution in [0.3, 0.4) is 0 Å². The topological polar surface area (TPSA) is 24.7 Å². The summed E-state index contributed by atoms with van der Waals surface area (Å²) in [4.78, 5) is 8.63. The Balaban J connectivity index is 2.36. The van der Waals surface area contributed by atoms with Crippen molar-refractivity contribution >= 4 is 40.8 Å². The molecule has 1 atom stereocenters. The first-order valence-corrected chi connectivity index (χ1v) is 7.29. The van der Waals surface area contributed by atoms with E-state index in [1.165, 1.54) is 18.2 Å². The van der Waals surface area contributed by atoms with Gasteiger partial charge >= 0.3 is 0 Å². The molecule has 0 fully saturated rings. The Morgan fingerprint density at radius 2 is 1.68 bits per heavy atom. The normalized spacial score (nSPS) is 17.0. The minimum atomic E-state index is -0.713. The maximum Gasteiger partial charge on any atom is 0.135 e. The molecule has 0 N–H and O–H groups in total. The van der Waals surface area contributed by atoms with Gasteiger partial charge in [-0.3, -0.25) is 9.98 Å². The Hall–Kier alpha value is -1.78. The first-order chi connectivity index (χ1) is 10.5. The highest BCUT2D eigenvalue weighted by atomic mass is 35.5. The zero-order valence-corrected chi connectivity index (χ0v) is 13.0. The molecule has 1 heterocycles. The fourth-order valence-electron chi connectivity index (χ4n) is 2.28. The van der Waals surface area contributed by atoms with Crippen LogP contribution in [0.1, 0.15) is 18.1 Å². The molecule has 2 aromatic rings. The first-order valence-electron chi connectivity index (χ1n) is 6.53. The second-order valence-electron chi connectivity index (χ2n) is 4.85. The van der Waals surface area contributed by atoms with Crippen LogP contribution in [-0.4, -0.2) is 18.0 Å².